The molecule has 2 aromatic heterocycles. The molecule has 0 N–H and O–H groups in total. The fraction of sp³-hybridized carbons (Fsp3) is 0.190. The predicted octanol–water partition coefficient (Wildman–Crippen LogP) is 11.0. The summed E-state index contributed by atoms with van der Waals surface area (Å²) < 4.78 is 62.0. The van der Waals surface area contributed by atoms with E-state index in [1.54, 1.807) is 32.0 Å². The molecule has 3 heterocycles. The number of rotatable bonds is 5. The number of para-hydroxylation sites is 3. The molecule has 6 heteroatoms. The number of hydrogen-bond donors (Lipinski definition) is 0. The van der Waals surface area contributed by atoms with E-state index in [2.05, 4.69) is 50.3 Å². The second-order valence-corrected chi connectivity index (χ2v) is 23.2. The van der Waals surface area contributed by atoms with Crippen LogP contribution in [0.1, 0.15) is 46.0 Å². The van der Waals surface area contributed by atoms with Crippen molar-refractivity contribution in [3.8, 4) is 34.0 Å². The first kappa shape index (κ1) is 26.9. The topological polar surface area (TPSA) is 38.3 Å². The average molecular weight is 876 g/mol. The number of fused-ring (bicyclic) bond motifs is 2. The number of aromatic nitrogens is 2. The Kier molecular flexibility index (Phi) is 8.41. The Morgan fingerprint density at radius 1 is 0.812 bits per heavy atom. The Morgan fingerprint density at radius 2 is 1.58 bits per heavy atom. The zero-order chi connectivity index (χ0) is 39.1. The van der Waals surface area contributed by atoms with Crippen LogP contribution in [-0.2, 0) is 20.1 Å². The fourth-order valence-electron chi connectivity index (χ4n) is 5.35. The van der Waals surface area contributed by atoms with Gasteiger partial charge in [0.25, 0.3) is 0 Å². The van der Waals surface area contributed by atoms with Crippen molar-refractivity contribution in [2.45, 2.75) is 50.7 Å². The summed E-state index contributed by atoms with van der Waals surface area (Å²) in [7, 11) is 0. The summed E-state index contributed by atoms with van der Waals surface area (Å²) in [4.78, 5) is 11.1. The number of ether oxygens (including phenoxy) is 1. The minimum absolute atomic E-state index is 0. The zero-order valence-electron chi connectivity index (χ0n) is 34.6. The van der Waals surface area contributed by atoms with E-state index in [-0.39, 0.29) is 25.7 Å². The molecule has 0 saturated heterocycles. The van der Waals surface area contributed by atoms with Gasteiger partial charge in [0.15, 0.2) is 0 Å². The van der Waals surface area contributed by atoms with Crippen LogP contribution in [0.15, 0.2) is 116 Å². The van der Waals surface area contributed by atoms with E-state index in [9.17, 15) is 0 Å². The molecule has 0 fully saturated rings. The van der Waals surface area contributed by atoms with E-state index in [0.29, 0.717) is 33.9 Å². The molecular formula is C42H41GeIrN3O-2. The minimum Gasteiger partial charge on any atom is -0.498 e. The summed E-state index contributed by atoms with van der Waals surface area (Å²) in [5.74, 6) is 7.13. The van der Waals surface area contributed by atoms with Gasteiger partial charge in [-0.1, -0.05) is 55.8 Å². The normalized spacial score (nSPS) is 14.7. The van der Waals surface area contributed by atoms with Crippen LogP contribution in [0.2, 0.25) is 17.3 Å². The molecule has 0 spiro atoms. The van der Waals surface area contributed by atoms with E-state index in [1.807, 2.05) is 79.0 Å². The largest absolute Gasteiger partial charge is 0.498 e. The third-order valence-electron chi connectivity index (χ3n) is 7.92. The van der Waals surface area contributed by atoms with E-state index in [1.165, 1.54) is 16.7 Å². The number of aryl methyl sites for hydroxylation is 2. The van der Waals surface area contributed by atoms with Crippen molar-refractivity contribution in [1.82, 2.24) is 9.97 Å². The van der Waals surface area contributed by atoms with Gasteiger partial charge in [-0.3, -0.25) is 0 Å². The summed E-state index contributed by atoms with van der Waals surface area (Å²) in [5, 5.41) is 0. The van der Waals surface area contributed by atoms with Gasteiger partial charge in [0, 0.05) is 43.2 Å². The van der Waals surface area contributed by atoms with Crippen molar-refractivity contribution in [2.24, 2.45) is 0 Å². The first-order valence-corrected chi connectivity index (χ1v) is 22.8. The van der Waals surface area contributed by atoms with Gasteiger partial charge in [0.05, 0.1) is 11.4 Å². The Labute approximate surface area is 311 Å². The Hall–Kier alpha value is -4.03. The van der Waals surface area contributed by atoms with Crippen LogP contribution in [0, 0.1) is 25.8 Å². The molecule has 6 aromatic rings. The molecule has 0 aliphatic carbocycles. The molecule has 0 unspecified atom stereocenters. The third-order valence-corrected chi connectivity index (χ3v) is 12.2. The standard InChI is InChI=1S/C27H23N2O.C15H18GeN.Ir/c1-18(2)22-16-23(28-17-19(22)3)21-12-9-14-25-27(21)30-26-15-8-7-13-24(26)29(25)20-10-5-4-6-11-20;1-12-5-7-13(8-6-12)15-10-9-14(11-17-15)16(2,3)4;/h4-11,13-18H,1-3H3;5-7,9-11H,1-4H3;/q2*-1;/i3D3,18D;1D3;. The van der Waals surface area contributed by atoms with Crippen LogP contribution in [0.25, 0.3) is 22.5 Å². The zero-order valence-corrected chi connectivity index (χ0v) is 32.0. The Balaban J connectivity index is 0.000000237. The summed E-state index contributed by atoms with van der Waals surface area (Å²) in [6.07, 6.45) is 3.30. The summed E-state index contributed by atoms with van der Waals surface area (Å²) in [5.41, 5.74) is 6.28. The van der Waals surface area contributed by atoms with Crippen LogP contribution < -0.4 is 14.0 Å². The molecule has 48 heavy (non-hydrogen) atoms. The van der Waals surface area contributed by atoms with E-state index < -0.39 is 32.9 Å². The van der Waals surface area contributed by atoms with Crippen LogP contribution in [0.5, 0.6) is 11.5 Å². The first-order chi connectivity index (χ1) is 25.3. The van der Waals surface area contributed by atoms with Crippen LogP contribution in [0.3, 0.4) is 0 Å². The number of benzene rings is 4. The van der Waals surface area contributed by atoms with E-state index >= 15 is 0 Å². The monoisotopic (exact) mass is 877 g/mol. The van der Waals surface area contributed by atoms with Crippen molar-refractivity contribution < 1.29 is 34.4 Å². The number of pyridine rings is 2. The molecule has 7 rings (SSSR count). The van der Waals surface area contributed by atoms with Gasteiger partial charge in [-0.25, -0.2) is 0 Å². The van der Waals surface area contributed by atoms with Crippen LogP contribution in [0.4, 0.5) is 17.1 Å². The van der Waals surface area contributed by atoms with Gasteiger partial charge in [-0.2, -0.15) is 0 Å². The van der Waals surface area contributed by atoms with Gasteiger partial charge in [0.1, 0.15) is 5.75 Å². The minimum atomic E-state index is -2.36. The predicted molar refractivity (Wildman–Crippen MR) is 198 cm³/mol. The van der Waals surface area contributed by atoms with Gasteiger partial charge in [-0.15, -0.1) is 18.2 Å². The Bertz CT molecular complexity index is 2200. The van der Waals surface area contributed by atoms with Crippen molar-refractivity contribution in [1.29, 1.82) is 0 Å². The van der Waals surface area contributed by atoms with Gasteiger partial charge < -0.3 is 14.6 Å². The molecule has 4 aromatic carbocycles. The van der Waals surface area contributed by atoms with Crippen molar-refractivity contribution in [2.75, 3.05) is 4.90 Å². The molecule has 0 amide bonds. The quantitative estimate of drug-likeness (QED) is 0.128. The molecule has 245 valence electrons. The molecule has 0 bridgehead atoms. The summed E-state index contributed by atoms with van der Waals surface area (Å²) in [6, 6.07) is 38.5. The smallest absolute Gasteiger partial charge is 0.138 e. The molecular weight excluding hydrogens is 827 g/mol. The molecule has 1 aliphatic rings. The second kappa shape index (κ2) is 15.0. The van der Waals surface area contributed by atoms with Crippen LogP contribution >= 0.6 is 0 Å². The molecule has 1 radical (unpaired) electrons. The van der Waals surface area contributed by atoms with Crippen molar-refractivity contribution in [3.63, 3.8) is 0 Å². The van der Waals surface area contributed by atoms with Gasteiger partial charge in [-0.05, 0) is 53.8 Å². The molecule has 4 nitrogen and oxygen atoms in total. The summed E-state index contributed by atoms with van der Waals surface area (Å²) in [6.45, 7) is -1.09. The van der Waals surface area contributed by atoms with E-state index in [0.717, 1.165) is 28.3 Å². The number of hydrogen-bond acceptors (Lipinski definition) is 4. The first-order valence-electron chi connectivity index (χ1n) is 19.0. The summed E-state index contributed by atoms with van der Waals surface area (Å²) >= 11 is -1.83. The maximum Gasteiger partial charge on any atom is 0.138 e. The van der Waals surface area contributed by atoms with Crippen LogP contribution in [-0.4, -0.2) is 23.2 Å². The Morgan fingerprint density at radius 3 is 2.25 bits per heavy atom. The average Bonchev–Trinajstić information content (AvgIpc) is 3.12. The van der Waals surface area contributed by atoms with E-state index in [4.69, 9.17) is 14.3 Å². The second-order valence-electron chi connectivity index (χ2n) is 12.6. The molecule has 0 saturated carbocycles. The van der Waals surface area contributed by atoms with Crippen molar-refractivity contribution >= 4 is 34.7 Å². The molecule has 1 aliphatic heterocycles. The number of anilines is 3. The number of nitrogens with zero attached hydrogens (tertiary/aromatic N) is 3. The van der Waals surface area contributed by atoms with Crippen molar-refractivity contribution in [3.05, 3.63) is 144 Å². The fourth-order valence-corrected chi connectivity index (χ4v) is 7.52. The maximum atomic E-state index is 8.55. The SMILES string of the molecule is [2H]C([2H])([2H])c1c[c-]c(-c2cc[c]([Ge]([CH3])([CH3])[CH3])cn2)cc1.[2H]C([2H])([2H])c1cnc(-c2[c-]ccc3c2Oc2ccccc2N3c2ccccc2)cc1C([2H])(C)C.[Ir]. The molecule has 0 atom stereocenters. The van der Waals surface area contributed by atoms with Gasteiger partial charge in [0.2, 0.25) is 0 Å². The maximum absolute atomic E-state index is 8.55. The van der Waals surface area contributed by atoms with Gasteiger partial charge >= 0.3 is 110 Å². The third kappa shape index (κ3) is 7.65.